The number of fused-ring (bicyclic) bond motifs is 1. The van der Waals surface area contributed by atoms with Gasteiger partial charge in [-0.2, -0.15) is 5.10 Å². The fourth-order valence-electron chi connectivity index (χ4n) is 2.35. The molecule has 0 aliphatic rings. The highest BCUT2D eigenvalue weighted by atomic mass is 35.5. The summed E-state index contributed by atoms with van der Waals surface area (Å²) in [4.78, 5) is 0. The molecule has 3 aromatic rings. The van der Waals surface area contributed by atoms with Crippen LogP contribution in [0.5, 0.6) is 0 Å². The van der Waals surface area contributed by atoms with Crippen LogP contribution in [0.1, 0.15) is 19.5 Å². The van der Waals surface area contributed by atoms with Gasteiger partial charge in [-0.15, -0.1) is 12.4 Å². The molecular formula is C16H17Cl2N3. The second kappa shape index (κ2) is 6.48. The molecule has 1 unspecified atom stereocenters. The van der Waals surface area contributed by atoms with E-state index in [4.69, 9.17) is 22.4 Å². The first kappa shape index (κ1) is 15.8. The lowest BCUT2D eigenvalue weighted by Crippen LogP contribution is -2.18. The molecule has 0 aliphatic carbocycles. The van der Waals surface area contributed by atoms with Crippen LogP contribution in [0, 0.1) is 0 Å². The van der Waals surface area contributed by atoms with Crippen LogP contribution in [0.3, 0.4) is 0 Å². The number of benzene rings is 2. The van der Waals surface area contributed by atoms with Crippen molar-refractivity contribution in [3.8, 4) is 11.3 Å². The summed E-state index contributed by atoms with van der Waals surface area (Å²) in [6.07, 6.45) is 0.698. The molecule has 0 spiro atoms. The summed E-state index contributed by atoms with van der Waals surface area (Å²) in [6, 6.07) is 15.9. The number of halogens is 2. The normalized spacial score (nSPS) is 12.1. The number of nitrogens with two attached hydrogens (primary N) is 1. The van der Waals surface area contributed by atoms with E-state index in [2.05, 4.69) is 6.92 Å². The molecule has 0 bridgehead atoms. The second-order valence-electron chi connectivity index (χ2n) is 4.80. The van der Waals surface area contributed by atoms with E-state index < -0.39 is 0 Å². The Morgan fingerprint density at radius 2 is 1.90 bits per heavy atom. The number of hydrogen-bond acceptors (Lipinski definition) is 2. The molecule has 0 saturated heterocycles. The van der Waals surface area contributed by atoms with Gasteiger partial charge < -0.3 is 5.73 Å². The van der Waals surface area contributed by atoms with Crippen LogP contribution in [0.4, 0.5) is 0 Å². The molecule has 3 rings (SSSR count). The van der Waals surface area contributed by atoms with Crippen LogP contribution in [0.25, 0.3) is 22.2 Å². The largest absolute Gasteiger partial charge is 0.310 e. The van der Waals surface area contributed by atoms with E-state index in [1.807, 2.05) is 53.2 Å². The predicted octanol–water partition coefficient (Wildman–Crippen LogP) is 4.65. The fourth-order valence-corrected chi connectivity index (χ4v) is 2.52. The van der Waals surface area contributed by atoms with Gasteiger partial charge in [0.05, 0.1) is 11.7 Å². The highest BCUT2D eigenvalue weighted by Gasteiger charge is 2.15. The van der Waals surface area contributed by atoms with Crippen molar-refractivity contribution in [2.24, 2.45) is 5.73 Å². The second-order valence-corrected chi connectivity index (χ2v) is 5.23. The minimum atomic E-state index is -0.129. The van der Waals surface area contributed by atoms with Gasteiger partial charge in [0.1, 0.15) is 5.69 Å². The monoisotopic (exact) mass is 321 g/mol. The van der Waals surface area contributed by atoms with Crippen LogP contribution >= 0.6 is 24.0 Å². The van der Waals surface area contributed by atoms with Gasteiger partial charge in [0.15, 0.2) is 0 Å². The van der Waals surface area contributed by atoms with E-state index in [1.165, 1.54) is 0 Å². The van der Waals surface area contributed by atoms with E-state index in [0.29, 0.717) is 5.02 Å². The molecule has 1 heterocycles. The van der Waals surface area contributed by atoms with E-state index in [-0.39, 0.29) is 18.6 Å². The van der Waals surface area contributed by atoms with E-state index in [0.717, 1.165) is 28.6 Å². The Kier molecular flexibility index (Phi) is 4.88. The van der Waals surface area contributed by atoms with Crippen molar-refractivity contribution in [2.45, 2.75) is 19.5 Å². The maximum Gasteiger partial charge on any atom is 0.100 e. The minimum absolute atomic E-state index is 0. The van der Waals surface area contributed by atoms with Gasteiger partial charge >= 0.3 is 0 Å². The Morgan fingerprint density at radius 3 is 2.57 bits per heavy atom. The van der Waals surface area contributed by atoms with Crippen molar-refractivity contribution >= 4 is 34.9 Å². The van der Waals surface area contributed by atoms with Crippen LogP contribution in [0.2, 0.25) is 5.02 Å². The zero-order valence-electron chi connectivity index (χ0n) is 11.7. The molecule has 0 saturated carbocycles. The summed E-state index contributed by atoms with van der Waals surface area (Å²) in [6.45, 7) is 2.05. The van der Waals surface area contributed by atoms with Crippen molar-refractivity contribution in [3.05, 3.63) is 53.6 Å². The fraction of sp³-hybridized carbons (Fsp3) is 0.188. The third kappa shape index (κ3) is 2.91. The van der Waals surface area contributed by atoms with Crippen LogP contribution in [-0.2, 0) is 0 Å². The highest BCUT2D eigenvalue weighted by molar-refractivity contribution is 6.31. The number of aromatic nitrogens is 2. The molecular weight excluding hydrogens is 305 g/mol. The first-order valence-corrected chi connectivity index (χ1v) is 7.07. The van der Waals surface area contributed by atoms with Gasteiger partial charge in [0.25, 0.3) is 0 Å². The van der Waals surface area contributed by atoms with E-state index in [1.54, 1.807) is 0 Å². The topological polar surface area (TPSA) is 43.8 Å². The lowest BCUT2D eigenvalue weighted by molar-refractivity contribution is 0.472. The molecule has 0 fully saturated rings. The number of nitrogens with zero attached hydrogens (tertiary/aromatic N) is 2. The lowest BCUT2D eigenvalue weighted by Gasteiger charge is -2.10. The first-order valence-electron chi connectivity index (χ1n) is 6.69. The van der Waals surface area contributed by atoms with E-state index in [9.17, 15) is 0 Å². The Balaban J connectivity index is 0.00000161. The van der Waals surface area contributed by atoms with Gasteiger partial charge in [-0.05, 0) is 24.6 Å². The summed E-state index contributed by atoms with van der Waals surface area (Å²) in [7, 11) is 0. The lowest BCUT2D eigenvalue weighted by atomic mass is 10.1. The Labute approximate surface area is 135 Å². The highest BCUT2D eigenvalue weighted by Crippen LogP contribution is 2.31. The van der Waals surface area contributed by atoms with Crippen LogP contribution in [-0.4, -0.2) is 9.78 Å². The molecule has 0 amide bonds. The molecule has 2 N–H and O–H groups in total. The Hall–Kier alpha value is -1.55. The Morgan fingerprint density at radius 1 is 1.19 bits per heavy atom. The molecule has 0 radical (unpaired) electrons. The quantitative estimate of drug-likeness (QED) is 0.763. The number of rotatable bonds is 3. The first-order chi connectivity index (χ1) is 9.70. The SMILES string of the molecule is CCC(N)n1nc(-c2ccccc2)c2cc(Cl)ccc21.Cl. The average Bonchev–Trinajstić information content (AvgIpc) is 2.86. The Bertz CT molecular complexity index is 738. The van der Waals surface area contributed by atoms with Gasteiger partial charge in [-0.25, -0.2) is 4.68 Å². The van der Waals surface area contributed by atoms with Crippen molar-refractivity contribution in [2.75, 3.05) is 0 Å². The maximum absolute atomic E-state index is 6.16. The summed E-state index contributed by atoms with van der Waals surface area (Å²) < 4.78 is 1.88. The molecule has 0 aliphatic heterocycles. The summed E-state index contributed by atoms with van der Waals surface area (Å²) in [5, 5.41) is 6.45. The van der Waals surface area contributed by atoms with Gasteiger partial charge in [0.2, 0.25) is 0 Å². The third-order valence-corrected chi connectivity index (χ3v) is 3.68. The van der Waals surface area contributed by atoms with Crippen LogP contribution < -0.4 is 5.73 Å². The molecule has 21 heavy (non-hydrogen) atoms. The molecule has 1 aromatic heterocycles. The average molecular weight is 322 g/mol. The molecule has 110 valence electrons. The van der Waals surface area contributed by atoms with Crippen LogP contribution in [0.15, 0.2) is 48.5 Å². The van der Waals surface area contributed by atoms with Crippen molar-refractivity contribution in [3.63, 3.8) is 0 Å². The standard InChI is InChI=1S/C16H16ClN3.ClH/c1-2-15(18)20-14-9-8-12(17)10-13(14)16(19-20)11-6-4-3-5-7-11;/h3-10,15H,2,18H2,1H3;1H. The van der Waals surface area contributed by atoms with Crippen molar-refractivity contribution in [1.82, 2.24) is 9.78 Å². The molecule has 5 heteroatoms. The molecule has 1 atom stereocenters. The summed E-state index contributed by atoms with van der Waals surface area (Å²) in [5.41, 5.74) is 9.17. The zero-order valence-corrected chi connectivity index (χ0v) is 13.2. The van der Waals surface area contributed by atoms with Gasteiger partial charge in [0, 0.05) is 16.0 Å². The number of hydrogen-bond donors (Lipinski definition) is 1. The minimum Gasteiger partial charge on any atom is -0.310 e. The zero-order chi connectivity index (χ0) is 14.1. The van der Waals surface area contributed by atoms with Gasteiger partial charge in [-0.1, -0.05) is 48.9 Å². The third-order valence-electron chi connectivity index (χ3n) is 3.45. The van der Waals surface area contributed by atoms with E-state index >= 15 is 0 Å². The van der Waals surface area contributed by atoms with Crippen molar-refractivity contribution in [1.29, 1.82) is 0 Å². The van der Waals surface area contributed by atoms with Crippen molar-refractivity contribution < 1.29 is 0 Å². The predicted molar refractivity (Wildman–Crippen MR) is 90.9 cm³/mol. The molecule has 3 nitrogen and oxygen atoms in total. The van der Waals surface area contributed by atoms with Gasteiger partial charge in [-0.3, -0.25) is 0 Å². The summed E-state index contributed by atoms with van der Waals surface area (Å²) >= 11 is 6.13. The molecule has 2 aromatic carbocycles. The maximum atomic E-state index is 6.16. The summed E-state index contributed by atoms with van der Waals surface area (Å²) in [5.74, 6) is 0. The smallest absolute Gasteiger partial charge is 0.100 e.